The Morgan fingerprint density at radius 2 is 2.27 bits per heavy atom. The average Bonchev–Trinajstić information content (AvgIpc) is 2.95. The minimum absolute atomic E-state index is 0.118. The fourth-order valence-electron chi connectivity index (χ4n) is 1.21. The van der Waals surface area contributed by atoms with Crippen molar-refractivity contribution in [2.75, 3.05) is 6.61 Å². The van der Waals surface area contributed by atoms with Gasteiger partial charge >= 0.3 is 0 Å². The van der Waals surface area contributed by atoms with Gasteiger partial charge in [0, 0.05) is 0 Å². The molecule has 0 amide bonds. The third kappa shape index (κ3) is 2.49. The molecule has 2 N–H and O–H groups in total. The number of rotatable bonds is 3. The SMILES string of the molecule is N#Cc1ccc(OCC2(N)CC2)c(Br)c1. The topological polar surface area (TPSA) is 59.0 Å². The smallest absolute Gasteiger partial charge is 0.133 e. The Kier molecular flexibility index (Phi) is 2.68. The van der Waals surface area contributed by atoms with E-state index in [9.17, 15) is 0 Å². The summed E-state index contributed by atoms with van der Waals surface area (Å²) < 4.78 is 6.38. The van der Waals surface area contributed by atoms with E-state index >= 15 is 0 Å². The van der Waals surface area contributed by atoms with Gasteiger partial charge in [0.1, 0.15) is 12.4 Å². The highest BCUT2D eigenvalue weighted by molar-refractivity contribution is 9.10. The predicted molar refractivity (Wildman–Crippen MR) is 60.5 cm³/mol. The van der Waals surface area contributed by atoms with Crippen molar-refractivity contribution < 1.29 is 4.74 Å². The first kappa shape index (κ1) is 10.5. The molecule has 0 radical (unpaired) electrons. The summed E-state index contributed by atoms with van der Waals surface area (Å²) in [6.45, 7) is 0.539. The van der Waals surface area contributed by atoms with Gasteiger partial charge in [0.25, 0.3) is 0 Å². The van der Waals surface area contributed by atoms with Gasteiger partial charge in [0.05, 0.1) is 21.6 Å². The molecule has 1 fully saturated rings. The zero-order chi connectivity index (χ0) is 10.9. The number of benzene rings is 1. The molecule has 1 saturated carbocycles. The minimum Gasteiger partial charge on any atom is -0.490 e. The molecule has 4 heteroatoms. The van der Waals surface area contributed by atoms with Gasteiger partial charge < -0.3 is 10.5 Å². The van der Waals surface area contributed by atoms with Crippen LogP contribution in [0.4, 0.5) is 0 Å². The second kappa shape index (κ2) is 3.84. The number of nitrogens with zero attached hydrogens (tertiary/aromatic N) is 1. The van der Waals surface area contributed by atoms with Gasteiger partial charge in [-0.1, -0.05) is 0 Å². The van der Waals surface area contributed by atoms with Crippen molar-refractivity contribution in [2.45, 2.75) is 18.4 Å². The molecule has 0 heterocycles. The maximum atomic E-state index is 8.69. The lowest BCUT2D eigenvalue weighted by Gasteiger charge is -2.12. The Bertz CT molecular complexity index is 421. The van der Waals surface area contributed by atoms with Crippen molar-refractivity contribution in [1.29, 1.82) is 5.26 Å². The van der Waals surface area contributed by atoms with Gasteiger partial charge in [-0.3, -0.25) is 0 Å². The molecule has 0 saturated heterocycles. The van der Waals surface area contributed by atoms with Crippen LogP contribution in [0.3, 0.4) is 0 Å². The maximum absolute atomic E-state index is 8.69. The summed E-state index contributed by atoms with van der Waals surface area (Å²) in [5.74, 6) is 0.741. The van der Waals surface area contributed by atoms with Crippen LogP contribution in [0, 0.1) is 11.3 Å². The van der Waals surface area contributed by atoms with Crippen molar-refractivity contribution in [2.24, 2.45) is 5.73 Å². The van der Waals surface area contributed by atoms with Crippen LogP contribution in [0.15, 0.2) is 22.7 Å². The molecular weight excluding hydrogens is 256 g/mol. The summed E-state index contributed by atoms with van der Waals surface area (Å²) in [5, 5.41) is 8.69. The summed E-state index contributed by atoms with van der Waals surface area (Å²) in [6, 6.07) is 7.33. The molecule has 1 aliphatic carbocycles. The van der Waals surface area contributed by atoms with E-state index in [-0.39, 0.29) is 5.54 Å². The standard InChI is InChI=1S/C11H11BrN2O/c12-9-5-8(6-13)1-2-10(9)15-7-11(14)3-4-11/h1-2,5H,3-4,7,14H2. The van der Waals surface area contributed by atoms with Crippen LogP contribution in [-0.2, 0) is 0 Å². The van der Waals surface area contributed by atoms with Gasteiger partial charge in [0.15, 0.2) is 0 Å². The first-order chi connectivity index (χ1) is 7.13. The van der Waals surface area contributed by atoms with Gasteiger partial charge in [-0.05, 0) is 47.0 Å². The van der Waals surface area contributed by atoms with Crippen molar-refractivity contribution in [1.82, 2.24) is 0 Å². The Balaban J connectivity index is 2.05. The molecule has 0 aromatic heterocycles. The average molecular weight is 267 g/mol. The van der Waals surface area contributed by atoms with Crippen LogP contribution in [0.5, 0.6) is 5.75 Å². The third-order valence-electron chi connectivity index (χ3n) is 2.47. The Morgan fingerprint density at radius 1 is 1.53 bits per heavy atom. The van der Waals surface area contributed by atoms with Crippen molar-refractivity contribution in [3.05, 3.63) is 28.2 Å². The molecule has 0 spiro atoms. The lowest BCUT2D eigenvalue weighted by Crippen LogP contribution is -2.29. The van der Waals surface area contributed by atoms with Crippen LogP contribution in [0.25, 0.3) is 0 Å². The number of nitriles is 1. The Labute approximate surface area is 97.0 Å². The number of nitrogens with two attached hydrogens (primary N) is 1. The van der Waals surface area contributed by atoms with E-state index in [1.165, 1.54) is 0 Å². The molecule has 15 heavy (non-hydrogen) atoms. The fourth-order valence-corrected chi connectivity index (χ4v) is 1.71. The summed E-state index contributed by atoms with van der Waals surface area (Å²) in [6.07, 6.45) is 2.06. The van der Waals surface area contributed by atoms with Crippen molar-refractivity contribution >= 4 is 15.9 Å². The highest BCUT2D eigenvalue weighted by Crippen LogP contribution is 2.34. The van der Waals surface area contributed by atoms with Crippen LogP contribution in [0.1, 0.15) is 18.4 Å². The third-order valence-corrected chi connectivity index (χ3v) is 3.09. The van der Waals surface area contributed by atoms with Crippen LogP contribution in [-0.4, -0.2) is 12.1 Å². The zero-order valence-corrected chi connectivity index (χ0v) is 9.75. The van der Waals surface area contributed by atoms with Crippen molar-refractivity contribution in [3.8, 4) is 11.8 Å². The summed E-state index contributed by atoms with van der Waals surface area (Å²) in [4.78, 5) is 0. The molecule has 0 unspecified atom stereocenters. The first-order valence-corrected chi connectivity index (χ1v) is 5.54. The number of hydrogen-bond donors (Lipinski definition) is 1. The van der Waals surface area contributed by atoms with E-state index in [4.69, 9.17) is 15.7 Å². The number of halogens is 1. The van der Waals surface area contributed by atoms with Gasteiger partial charge in [0.2, 0.25) is 0 Å². The van der Waals surface area contributed by atoms with Crippen LogP contribution < -0.4 is 10.5 Å². The maximum Gasteiger partial charge on any atom is 0.133 e. The molecule has 0 bridgehead atoms. The molecule has 1 aromatic rings. The minimum atomic E-state index is -0.118. The van der Waals surface area contributed by atoms with E-state index in [1.54, 1.807) is 18.2 Å². The van der Waals surface area contributed by atoms with E-state index in [1.807, 2.05) is 0 Å². The first-order valence-electron chi connectivity index (χ1n) is 4.74. The lowest BCUT2D eigenvalue weighted by molar-refractivity contribution is 0.278. The second-order valence-corrected chi connectivity index (χ2v) is 4.76. The number of ether oxygens (including phenoxy) is 1. The van der Waals surface area contributed by atoms with Crippen LogP contribution >= 0.6 is 15.9 Å². The highest BCUT2D eigenvalue weighted by Gasteiger charge is 2.39. The molecular formula is C11H11BrN2O. The Morgan fingerprint density at radius 3 is 2.80 bits per heavy atom. The monoisotopic (exact) mass is 266 g/mol. The normalized spacial score (nSPS) is 16.9. The quantitative estimate of drug-likeness (QED) is 0.913. The fraction of sp³-hybridized carbons (Fsp3) is 0.364. The lowest BCUT2D eigenvalue weighted by atomic mass is 10.2. The van der Waals surface area contributed by atoms with Gasteiger partial charge in [-0.2, -0.15) is 5.26 Å². The molecule has 0 aliphatic heterocycles. The molecule has 2 rings (SSSR count). The number of hydrogen-bond acceptors (Lipinski definition) is 3. The van der Waals surface area contributed by atoms with Crippen LogP contribution in [0.2, 0.25) is 0 Å². The molecule has 0 atom stereocenters. The second-order valence-electron chi connectivity index (χ2n) is 3.91. The predicted octanol–water partition coefficient (Wildman–Crippen LogP) is 2.19. The van der Waals surface area contributed by atoms with Crippen molar-refractivity contribution in [3.63, 3.8) is 0 Å². The molecule has 1 aromatic carbocycles. The molecule has 1 aliphatic rings. The zero-order valence-electron chi connectivity index (χ0n) is 8.16. The summed E-state index contributed by atoms with van der Waals surface area (Å²) in [7, 11) is 0. The molecule has 78 valence electrons. The van der Waals surface area contributed by atoms with E-state index < -0.39 is 0 Å². The highest BCUT2D eigenvalue weighted by atomic mass is 79.9. The largest absolute Gasteiger partial charge is 0.490 e. The summed E-state index contributed by atoms with van der Waals surface area (Å²) in [5.41, 5.74) is 6.40. The van der Waals surface area contributed by atoms with E-state index in [0.717, 1.165) is 23.1 Å². The summed E-state index contributed by atoms with van der Waals surface area (Å²) >= 11 is 3.36. The van der Waals surface area contributed by atoms with Gasteiger partial charge in [-0.25, -0.2) is 0 Å². The van der Waals surface area contributed by atoms with Gasteiger partial charge in [-0.15, -0.1) is 0 Å². The Hall–Kier alpha value is -1.05. The molecule has 3 nitrogen and oxygen atoms in total. The van der Waals surface area contributed by atoms with E-state index in [0.29, 0.717) is 12.2 Å². The van der Waals surface area contributed by atoms with E-state index in [2.05, 4.69) is 22.0 Å².